The van der Waals surface area contributed by atoms with E-state index >= 15 is 0 Å². The van der Waals surface area contributed by atoms with E-state index in [1.165, 1.54) is 0 Å². The molecule has 0 unspecified atom stereocenters. The fourth-order valence-corrected chi connectivity index (χ4v) is 4.02. The van der Waals surface area contributed by atoms with E-state index in [-0.39, 0.29) is 18.3 Å². The monoisotopic (exact) mass is 373 g/mol. The molecule has 3 fully saturated rings. The van der Waals surface area contributed by atoms with E-state index in [9.17, 15) is 0 Å². The van der Waals surface area contributed by atoms with E-state index in [1.807, 2.05) is 0 Å². The highest BCUT2D eigenvalue weighted by Crippen LogP contribution is 2.37. The first-order valence-corrected chi connectivity index (χ1v) is 10.2. The lowest BCUT2D eigenvalue weighted by molar-refractivity contribution is -0.0373. The highest BCUT2D eigenvalue weighted by molar-refractivity contribution is 6.62. The SMILES string of the molecule is Cc1cc(OC2CC(N3CCOCC3)C2)ccc1B1OC(C)(C)C(C)(C)O1. The number of ether oxygens (including phenoxy) is 2. The van der Waals surface area contributed by atoms with Crippen molar-refractivity contribution in [2.45, 2.75) is 70.8 Å². The summed E-state index contributed by atoms with van der Waals surface area (Å²) in [4.78, 5) is 2.54. The average molecular weight is 373 g/mol. The van der Waals surface area contributed by atoms with Gasteiger partial charge in [-0.15, -0.1) is 0 Å². The minimum Gasteiger partial charge on any atom is -0.490 e. The predicted molar refractivity (Wildman–Crippen MR) is 107 cm³/mol. The third-order valence-corrected chi connectivity index (χ3v) is 6.68. The Morgan fingerprint density at radius 2 is 1.67 bits per heavy atom. The molecule has 0 amide bonds. The van der Waals surface area contributed by atoms with Crippen LogP contribution in [0.1, 0.15) is 46.1 Å². The van der Waals surface area contributed by atoms with Crippen LogP contribution in [0, 0.1) is 6.92 Å². The van der Waals surface area contributed by atoms with Gasteiger partial charge in [0.15, 0.2) is 0 Å². The summed E-state index contributed by atoms with van der Waals surface area (Å²) in [6, 6.07) is 6.91. The summed E-state index contributed by atoms with van der Waals surface area (Å²) in [6.45, 7) is 14.3. The highest BCUT2D eigenvalue weighted by Gasteiger charge is 2.52. The van der Waals surface area contributed by atoms with Gasteiger partial charge >= 0.3 is 7.12 Å². The summed E-state index contributed by atoms with van der Waals surface area (Å²) in [6.07, 6.45) is 2.54. The molecule has 2 saturated heterocycles. The Hall–Kier alpha value is -1.08. The minimum atomic E-state index is -0.321. The molecule has 0 spiro atoms. The zero-order valence-electron chi connectivity index (χ0n) is 17.3. The molecule has 1 aromatic rings. The molecule has 6 heteroatoms. The first-order chi connectivity index (χ1) is 12.7. The van der Waals surface area contributed by atoms with Gasteiger partial charge in [-0.3, -0.25) is 4.90 Å². The van der Waals surface area contributed by atoms with Crippen LogP contribution in [-0.4, -0.2) is 61.7 Å². The first-order valence-electron chi connectivity index (χ1n) is 10.2. The molecule has 1 aromatic carbocycles. The van der Waals surface area contributed by atoms with Crippen LogP contribution in [-0.2, 0) is 14.0 Å². The van der Waals surface area contributed by atoms with Gasteiger partial charge in [-0.1, -0.05) is 6.07 Å². The van der Waals surface area contributed by atoms with Crippen LogP contribution in [0.3, 0.4) is 0 Å². The molecule has 27 heavy (non-hydrogen) atoms. The van der Waals surface area contributed by atoms with Gasteiger partial charge in [0.2, 0.25) is 0 Å². The Kier molecular flexibility index (Phi) is 5.04. The second-order valence-corrected chi connectivity index (χ2v) is 9.12. The molecule has 0 bridgehead atoms. The van der Waals surface area contributed by atoms with Crippen molar-refractivity contribution in [1.29, 1.82) is 0 Å². The number of rotatable bonds is 4. The van der Waals surface area contributed by atoms with Crippen LogP contribution < -0.4 is 10.2 Å². The molecule has 0 atom stereocenters. The van der Waals surface area contributed by atoms with Crippen molar-refractivity contribution in [2.75, 3.05) is 26.3 Å². The molecule has 3 aliphatic rings. The minimum absolute atomic E-state index is 0.319. The van der Waals surface area contributed by atoms with Crippen molar-refractivity contribution < 1.29 is 18.8 Å². The quantitative estimate of drug-likeness (QED) is 0.759. The van der Waals surface area contributed by atoms with Gasteiger partial charge in [0, 0.05) is 32.0 Å². The maximum absolute atomic E-state index is 6.21. The van der Waals surface area contributed by atoms with Crippen molar-refractivity contribution in [3.05, 3.63) is 23.8 Å². The zero-order valence-corrected chi connectivity index (χ0v) is 17.3. The lowest BCUT2D eigenvalue weighted by atomic mass is 9.76. The van der Waals surface area contributed by atoms with Crippen LogP contribution in [0.2, 0.25) is 0 Å². The van der Waals surface area contributed by atoms with Crippen molar-refractivity contribution in [1.82, 2.24) is 4.90 Å². The van der Waals surface area contributed by atoms with E-state index < -0.39 is 0 Å². The van der Waals surface area contributed by atoms with Gasteiger partial charge in [-0.2, -0.15) is 0 Å². The van der Waals surface area contributed by atoms with Gasteiger partial charge in [-0.25, -0.2) is 0 Å². The maximum Gasteiger partial charge on any atom is 0.495 e. The Morgan fingerprint density at radius 3 is 2.26 bits per heavy atom. The van der Waals surface area contributed by atoms with Gasteiger partial charge in [0.25, 0.3) is 0 Å². The predicted octanol–water partition coefficient (Wildman–Crippen LogP) is 2.54. The number of aryl methyl sites for hydroxylation is 1. The zero-order chi connectivity index (χ0) is 19.2. The van der Waals surface area contributed by atoms with Gasteiger partial charge in [0.05, 0.1) is 24.4 Å². The summed E-state index contributed by atoms with van der Waals surface area (Å²) in [5.41, 5.74) is 1.59. The standard InChI is InChI=1S/C21H32BNO4/c1-15-12-17(25-18-13-16(14-18)23-8-10-24-11-9-23)6-7-19(15)22-26-20(2,3)21(4,5)27-22/h6-7,12,16,18H,8-11,13-14H2,1-5H3. The van der Waals surface area contributed by atoms with E-state index in [0.717, 1.165) is 55.9 Å². The maximum atomic E-state index is 6.21. The fourth-order valence-electron chi connectivity index (χ4n) is 4.02. The Morgan fingerprint density at radius 1 is 1.04 bits per heavy atom. The van der Waals surface area contributed by atoms with Crippen molar-refractivity contribution in [3.8, 4) is 5.75 Å². The Labute approximate surface area is 163 Å². The van der Waals surface area contributed by atoms with E-state index in [2.05, 4.69) is 57.7 Å². The van der Waals surface area contributed by atoms with Crippen molar-refractivity contribution >= 4 is 12.6 Å². The molecule has 148 valence electrons. The summed E-state index contributed by atoms with van der Waals surface area (Å²) in [5, 5.41) is 0. The lowest BCUT2D eigenvalue weighted by Gasteiger charge is -2.44. The fraction of sp³-hybridized carbons (Fsp3) is 0.714. The van der Waals surface area contributed by atoms with Crippen LogP contribution in [0.4, 0.5) is 0 Å². The first kappa shape index (κ1) is 19.3. The molecular weight excluding hydrogens is 341 g/mol. The summed E-state index contributed by atoms with van der Waals surface area (Å²) >= 11 is 0. The normalized spacial score (nSPS) is 30.2. The largest absolute Gasteiger partial charge is 0.495 e. The second kappa shape index (κ2) is 7.07. The molecule has 5 nitrogen and oxygen atoms in total. The number of benzene rings is 1. The van der Waals surface area contributed by atoms with E-state index in [4.69, 9.17) is 18.8 Å². The van der Waals surface area contributed by atoms with E-state index in [1.54, 1.807) is 0 Å². The van der Waals surface area contributed by atoms with Crippen LogP contribution in [0.15, 0.2) is 18.2 Å². The summed E-state index contributed by atoms with van der Waals surface area (Å²) in [5.74, 6) is 0.943. The summed E-state index contributed by atoms with van der Waals surface area (Å²) in [7, 11) is -0.321. The molecular formula is C21H32BNO4. The smallest absolute Gasteiger partial charge is 0.490 e. The molecule has 0 N–H and O–H groups in total. The number of morpholine rings is 1. The molecule has 2 heterocycles. The molecule has 1 aliphatic carbocycles. The van der Waals surface area contributed by atoms with Gasteiger partial charge in [-0.05, 0) is 57.8 Å². The van der Waals surface area contributed by atoms with Gasteiger partial charge in [0.1, 0.15) is 11.9 Å². The highest BCUT2D eigenvalue weighted by atomic mass is 16.7. The molecule has 2 aliphatic heterocycles. The topological polar surface area (TPSA) is 40.2 Å². The van der Waals surface area contributed by atoms with E-state index in [0.29, 0.717) is 12.1 Å². The third kappa shape index (κ3) is 3.77. The molecule has 0 aromatic heterocycles. The van der Waals surface area contributed by atoms with Crippen molar-refractivity contribution in [2.24, 2.45) is 0 Å². The Bertz CT molecular complexity index is 665. The van der Waals surface area contributed by atoms with Crippen LogP contribution >= 0.6 is 0 Å². The molecule has 0 radical (unpaired) electrons. The number of nitrogens with zero attached hydrogens (tertiary/aromatic N) is 1. The van der Waals surface area contributed by atoms with Gasteiger partial charge < -0.3 is 18.8 Å². The lowest BCUT2D eigenvalue weighted by Crippen LogP contribution is -2.52. The summed E-state index contributed by atoms with van der Waals surface area (Å²) < 4.78 is 24.0. The number of hydrogen-bond donors (Lipinski definition) is 0. The molecule has 4 rings (SSSR count). The number of hydrogen-bond acceptors (Lipinski definition) is 5. The average Bonchev–Trinajstić information content (AvgIpc) is 2.79. The van der Waals surface area contributed by atoms with Crippen LogP contribution in [0.5, 0.6) is 5.75 Å². The third-order valence-electron chi connectivity index (χ3n) is 6.68. The molecule has 1 saturated carbocycles. The second-order valence-electron chi connectivity index (χ2n) is 9.12. The Balaban J connectivity index is 1.34. The van der Waals surface area contributed by atoms with Crippen LogP contribution in [0.25, 0.3) is 0 Å². The van der Waals surface area contributed by atoms with Crippen molar-refractivity contribution in [3.63, 3.8) is 0 Å².